The lowest BCUT2D eigenvalue weighted by Crippen LogP contribution is -2.14. The molecule has 146 valence electrons. The van der Waals surface area contributed by atoms with Gasteiger partial charge in [0.05, 0.1) is 12.0 Å². The Labute approximate surface area is 175 Å². The minimum atomic E-state index is -0.129. The Kier molecular flexibility index (Phi) is 5.59. The van der Waals surface area contributed by atoms with Crippen LogP contribution in [0, 0.1) is 6.92 Å². The SMILES string of the molecule is Cc1ccc(NC(=O)CSc2nnc3n(N=Cc4ccc(Cl)cc4)cnn23)cc1. The molecular formula is C19H16ClN7OS. The van der Waals surface area contributed by atoms with Crippen molar-refractivity contribution >= 4 is 46.9 Å². The van der Waals surface area contributed by atoms with Gasteiger partial charge in [-0.05, 0) is 36.8 Å². The second-order valence-electron chi connectivity index (χ2n) is 6.17. The molecule has 0 spiro atoms. The maximum atomic E-state index is 12.2. The highest BCUT2D eigenvalue weighted by Crippen LogP contribution is 2.17. The highest BCUT2D eigenvalue weighted by atomic mass is 35.5. The van der Waals surface area contributed by atoms with Crippen LogP contribution in [-0.2, 0) is 4.79 Å². The number of carbonyl (C=O) groups is 1. The lowest BCUT2D eigenvalue weighted by atomic mass is 10.2. The van der Waals surface area contributed by atoms with Gasteiger partial charge in [-0.3, -0.25) is 4.79 Å². The molecule has 0 aliphatic rings. The molecule has 2 aromatic carbocycles. The van der Waals surface area contributed by atoms with Crippen LogP contribution in [0.5, 0.6) is 0 Å². The van der Waals surface area contributed by atoms with Crippen molar-refractivity contribution in [2.24, 2.45) is 5.10 Å². The van der Waals surface area contributed by atoms with E-state index in [0.717, 1.165) is 16.8 Å². The van der Waals surface area contributed by atoms with E-state index in [1.165, 1.54) is 22.8 Å². The van der Waals surface area contributed by atoms with Crippen molar-refractivity contribution in [2.45, 2.75) is 12.1 Å². The van der Waals surface area contributed by atoms with Crippen LogP contribution >= 0.6 is 23.4 Å². The van der Waals surface area contributed by atoms with Crippen molar-refractivity contribution in [2.75, 3.05) is 11.1 Å². The number of thioether (sulfide) groups is 1. The summed E-state index contributed by atoms with van der Waals surface area (Å²) in [5.74, 6) is 0.516. The van der Waals surface area contributed by atoms with Crippen LogP contribution in [0.15, 0.2) is 65.1 Å². The normalized spacial score (nSPS) is 11.4. The number of hydrogen-bond acceptors (Lipinski definition) is 6. The summed E-state index contributed by atoms with van der Waals surface area (Å²) in [6.07, 6.45) is 3.21. The number of aryl methyl sites for hydroxylation is 1. The molecule has 0 saturated heterocycles. The van der Waals surface area contributed by atoms with Crippen molar-refractivity contribution < 1.29 is 4.79 Å². The van der Waals surface area contributed by atoms with E-state index < -0.39 is 0 Å². The first-order valence-electron chi connectivity index (χ1n) is 8.66. The average molecular weight is 426 g/mol. The van der Waals surface area contributed by atoms with Crippen molar-refractivity contribution in [3.8, 4) is 0 Å². The maximum absolute atomic E-state index is 12.2. The largest absolute Gasteiger partial charge is 0.325 e. The van der Waals surface area contributed by atoms with Gasteiger partial charge in [0.1, 0.15) is 6.33 Å². The zero-order valence-corrected chi connectivity index (χ0v) is 16.9. The quantitative estimate of drug-likeness (QED) is 0.377. The molecule has 0 bridgehead atoms. The summed E-state index contributed by atoms with van der Waals surface area (Å²) in [5, 5.41) is 20.8. The third-order valence-corrected chi connectivity index (χ3v) is 5.12. The van der Waals surface area contributed by atoms with Gasteiger partial charge >= 0.3 is 0 Å². The number of rotatable bonds is 6. The van der Waals surface area contributed by atoms with Gasteiger partial charge in [0.15, 0.2) is 0 Å². The van der Waals surface area contributed by atoms with Crippen molar-refractivity contribution in [1.82, 2.24) is 24.5 Å². The van der Waals surface area contributed by atoms with E-state index in [-0.39, 0.29) is 11.7 Å². The van der Waals surface area contributed by atoms with Gasteiger partial charge in [-0.15, -0.1) is 10.2 Å². The van der Waals surface area contributed by atoms with E-state index in [2.05, 4.69) is 25.7 Å². The Morgan fingerprint density at radius 2 is 1.93 bits per heavy atom. The fourth-order valence-corrected chi connectivity index (χ4v) is 3.28. The number of amides is 1. The van der Waals surface area contributed by atoms with Crippen LogP contribution in [0.3, 0.4) is 0 Å². The fraction of sp³-hybridized carbons (Fsp3) is 0.105. The molecule has 8 nitrogen and oxygen atoms in total. The Morgan fingerprint density at radius 3 is 2.69 bits per heavy atom. The highest BCUT2D eigenvalue weighted by Gasteiger charge is 2.13. The van der Waals surface area contributed by atoms with Crippen LogP contribution in [-0.4, -0.2) is 42.4 Å². The molecule has 0 radical (unpaired) electrons. The molecule has 0 unspecified atom stereocenters. The number of halogens is 1. The molecule has 0 atom stereocenters. The Morgan fingerprint density at radius 1 is 1.17 bits per heavy atom. The van der Waals surface area contributed by atoms with Crippen LogP contribution in [0.4, 0.5) is 5.69 Å². The minimum Gasteiger partial charge on any atom is -0.325 e. The number of hydrogen-bond donors (Lipinski definition) is 1. The second-order valence-corrected chi connectivity index (χ2v) is 7.55. The first-order chi connectivity index (χ1) is 14.1. The molecule has 0 aliphatic heterocycles. The average Bonchev–Trinajstić information content (AvgIpc) is 3.30. The number of benzene rings is 2. The van der Waals surface area contributed by atoms with Gasteiger partial charge in [0.2, 0.25) is 11.1 Å². The molecule has 0 fully saturated rings. The van der Waals surface area contributed by atoms with Crippen molar-refractivity contribution in [3.63, 3.8) is 0 Å². The molecule has 10 heteroatoms. The first kappa shape index (κ1) is 19.2. The smallest absolute Gasteiger partial charge is 0.275 e. The highest BCUT2D eigenvalue weighted by molar-refractivity contribution is 7.99. The number of anilines is 1. The third kappa shape index (κ3) is 4.64. The first-order valence-corrected chi connectivity index (χ1v) is 10.0. The fourth-order valence-electron chi connectivity index (χ4n) is 2.47. The number of nitrogens with zero attached hydrogens (tertiary/aromatic N) is 6. The van der Waals surface area contributed by atoms with Crippen LogP contribution in [0.2, 0.25) is 5.02 Å². The summed E-state index contributed by atoms with van der Waals surface area (Å²) < 4.78 is 3.06. The van der Waals surface area contributed by atoms with Gasteiger partial charge in [-0.2, -0.15) is 19.4 Å². The molecular weight excluding hydrogens is 410 g/mol. The summed E-state index contributed by atoms with van der Waals surface area (Å²) in [4.78, 5) is 12.2. The monoisotopic (exact) mass is 425 g/mol. The van der Waals surface area contributed by atoms with E-state index in [4.69, 9.17) is 11.6 Å². The van der Waals surface area contributed by atoms with Crippen LogP contribution < -0.4 is 5.32 Å². The molecule has 29 heavy (non-hydrogen) atoms. The van der Waals surface area contributed by atoms with E-state index in [1.807, 2.05) is 43.3 Å². The van der Waals surface area contributed by atoms with Crippen LogP contribution in [0.1, 0.15) is 11.1 Å². The van der Waals surface area contributed by atoms with Crippen molar-refractivity contribution in [1.29, 1.82) is 0 Å². The summed E-state index contributed by atoms with van der Waals surface area (Å²) in [5.41, 5.74) is 2.79. The lowest BCUT2D eigenvalue weighted by Gasteiger charge is -2.04. The van der Waals surface area contributed by atoms with Gasteiger partial charge < -0.3 is 5.32 Å². The molecule has 2 heterocycles. The van der Waals surface area contributed by atoms with E-state index in [9.17, 15) is 4.79 Å². The summed E-state index contributed by atoms with van der Waals surface area (Å²) in [6.45, 7) is 2.00. The van der Waals surface area contributed by atoms with Crippen molar-refractivity contribution in [3.05, 3.63) is 71.0 Å². The van der Waals surface area contributed by atoms with Gasteiger partial charge in [-0.1, -0.05) is 53.2 Å². The zero-order valence-electron chi connectivity index (χ0n) is 15.4. The lowest BCUT2D eigenvalue weighted by molar-refractivity contribution is -0.113. The number of nitrogens with one attached hydrogen (secondary N) is 1. The molecule has 4 rings (SSSR count). The molecule has 1 N–H and O–H groups in total. The maximum Gasteiger partial charge on any atom is 0.275 e. The summed E-state index contributed by atoms with van der Waals surface area (Å²) >= 11 is 7.14. The molecule has 0 saturated carbocycles. The summed E-state index contributed by atoms with van der Waals surface area (Å²) in [6, 6.07) is 14.9. The predicted octanol–water partition coefficient (Wildman–Crippen LogP) is 3.50. The number of fused-ring (bicyclic) bond motifs is 1. The number of carbonyl (C=O) groups excluding carboxylic acids is 1. The van der Waals surface area contributed by atoms with E-state index in [1.54, 1.807) is 22.9 Å². The van der Waals surface area contributed by atoms with Gasteiger partial charge in [0.25, 0.3) is 5.78 Å². The zero-order chi connectivity index (χ0) is 20.2. The van der Waals surface area contributed by atoms with Crippen LogP contribution in [0.25, 0.3) is 5.78 Å². The third-order valence-electron chi connectivity index (χ3n) is 3.95. The summed E-state index contributed by atoms with van der Waals surface area (Å²) in [7, 11) is 0. The number of aromatic nitrogens is 5. The van der Waals surface area contributed by atoms with Gasteiger partial charge in [-0.25, -0.2) is 0 Å². The second kappa shape index (κ2) is 8.46. The Bertz CT molecular complexity index is 1170. The standard InChI is InChI=1S/C19H16ClN7OS/c1-13-2-8-16(9-3-13)23-17(28)11-29-19-25-24-18-26(12-22-27(18)19)21-10-14-4-6-15(20)7-5-14/h2-10,12H,11H2,1H3,(H,23,28). The van der Waals surface area contributed by atoms with E-state index in [0.29, 0.717) is 16.0 Å². The molecule has 0 aliphatic carbocycles. The molecule has 1 amide bonds. The topological polar surface area (TPSA) is 89.5 Å². The minimum absolute atomic E-state index is 0.129. The predicted molar refractivity (Wildman–Crippen MR) is 114 cm³/mol. The molecule has 2 aromatic heterocycles. The Balaban J connectivity index is 1.41. The Hall–Kier alpha value is -3.17. The molecule has 4 aromatic rings. The van der Waals surface area contributed by atoms with Gasteiger partial charge in [0, 0.05) is 10.7 Å². The van der Waals surface area contributed by atoms with E-state index >= 15 is 0 Å².